The second-order valence-corrected chi connectivity index (χ2v) is 5.24. The Kier molecular flexibility index (Phi) is 4.25. The molecule has 0 fully saturated rings. The van der Waals surface area contributed by atoms with E-state index in [2.05, 4.69) is 15.4 Å². The fourth-order valence-electron chi connectivity index (χ4n) is 2.14. The lowest BCUT2D eigenvalue weighted by atomic mass is 10.1. The van der Waals surface area contributed by atoms with Crippen LogP contribution in [0.25, 0.3) is 11.3 Å². The maximum atomic E-state index is 11.5. The van der Waals surface area contributed by atoms with Crippen LogP contribution in [0.15, 0.2) is 48.5 Å². The smallest absolute Gasteiger partial charge is 0.271 e. The topological polar surface area (TPSA) is 93.9 Å². The van der Waals surface area contributed by atoms with Gasteiger partial charge in [-0.05, 0) is 23.8 Å². The number of halogens is 1. The second-order valence-electron chi connectivity index (χ2n) is 4.80. The third kappa shape index (κ3) is 3.32. The number of nitrogens with one attached hydrogen (secondary N) is 1. The minimum absolute atomic E-state index is 0.0387. The molecule has 116 valence electrons. The number of amides is 1. The Morgan fingerprint density at radius 3 is 2.70 bits per heavy atom. The highest BCUT2D eigenvalue weighted by atomic mass is 35.5. The summed E-state index contributed by atoms with van der Waals surface area (Å²) in [7, 11) is 0. The van der Waals surface area contributed by atoms with Crippen molar-refractivity contribution in [1.29, 1.82) is 0 Å². The van der Waals surface area contributed by atoms with Crippen LogP contribution in [0.5, 0.6) is 5.75 Å². The molecule has 1 amide bonds. The van der Waals surface area contributed by atoms with E-state index in [4.69, 9.17) is 22.1 Å². The van der Waals surface area contributed by atoms with E-state index in [-0.39, 0.29) is 5.69 Å². The third-order valence-electron chi connectivity index (χ3n) is 3.22. The lowest BCUT2D eigenvalue weighted by Gasteiger charge is -2.11. The van der Waals surface area contributed by atoms with Crippen molar-refractivity contribution >= 4 is 17.5 Å². The standard InChI is InChI=1S/C16H13ClN4O2/c17-11-6-7-13(23-9-10-4-2-1-3-5-10)12(8-11)14-15(16(18)22)20-21-19-14/h1-8H,9H2,(H2,18,22)(H,19,20,21). The van der Waals surface area contributed by atoms with Crippen LogP contribution in [-0.4, -0.2) is 21.3 Å². The number of carbonyl (C=O) groups is 1. The van der Waals surface area contributed by atoms with Gasteiger partial charge >= 0.3 is 0 Å². The Bertz CT molecular complexity index is 833. The van der Waals surface area contributed by atoms with Gasteiger partial charge in [0.2, 0.25) is 0 Å². The molecule has 3 aromatic rings. The Hall–Kier alpha value is -2.86. The van der Waals surface area contributed by atoms with Gasteiger partial charge in [0.1, 0.15) is 18.1 Å². The lowest BCUT2D eigenvalue weighted by Crippen LogP contribution is -2.13. The molecule has 6 nitrogen and oxygen atoms in total. The second kappa shape index (κ2) is 6.50. The van der Waals surface area contributed by atoms with E-state index in [0.717, 1.165) is 5.56 Å². The molecule has 3 rings (SSSR count). The normalized spacial score (nSPS) is 10.5. The number of hydrogen-bond acceptors (Lipinski definition) is 4. The van der Waals surface area contributed by atoms with Gasteiger partial charge in [-0.2, -0.15) is 15.4 Å². The van der Waals surface area contributed by atoms with Crippen molar-refractivity contribution in [2.75, 3.05) is 0 Å². The summed E-state index contributed by atoms with van der Waals surface area (Å²) in [5.41, 5.74) is 7.23. The molecular formula is C16H13ClN4O2. The van der Waals surface area contributed by atoms with Gasteiger partial charge in [0, 0.05) is 10.6 Å². The molecule has 0 saturated heterocycles. The van der Waals surface area contributed by atoms with Gasteiger partial charge in [0.15, 0.2) is 5.69 Å². The van der Waals surface area contributed by atoms with Gasteiger partial charge in [-0.15, -0.1) is 0 Å². The number of aromatic nitrogens is 3. The van der Waals surface area contributed by atoms with Gasteiger partial charge < -0.3 is 10.5 Å². The molecule has 1 aromatic heterocycles. The molecule has 0 bridgehead atoms. The van der Waals surface area contributed by atoms with Crippen molar-refractivity contribution < 1.29 is 9.53 Å². The number of benzene rings is 2. The SMILES string of the molecule is NC(=O)c1n[nH]nc1-c1cc(Cl)ccc1OCc1ccccc1. The maximum absolute atomic E-state index is 11.5. The fraction of sp³-hybridized carbons (Fsp3) is 0.0625. The number of hydrogen-bond donors (Lipinski definition) is 2. The van der Waals surface area contributed by atoms with Crippen molar-refractivity contribution in [1.82, 2.24) is 15.4 Å². The van der Waals surface area contributed by atoms with Crippen LogP contribution in [0.4, 0.5) is 0 Å². The summed E-state index contributed by atoms with van der Waals surface area (Å²) in [6.45, 7) is 0.374. The van der Waals surface area contributed by atoms with Crippen LogP contribution in [0.1, 0.15) is 16.1 Å². The van der Waals surface area contributed by atoms with Crippen molar-refractivity contribution in [3.05, 3.63) is 64.8 Å². The highest BCUT2D eigenvalue weighted by Gasteiger charge is 2.19. The molecule has 0 spiro atoms. The van der Waals surface area contributed by atoms with E-state index in [1.807, 2.05) is 30.3 Å². The molecule has 3 N–H and O–H groups in total. The third-order valence-corrected chi connectivity index (χ3v) is 3.45. The average Bonchev–Trinajstić information content (AvgIpc) is 3.04. The Morgan fingerprint density at radius 2 is 1.96 bits per heavy atom. The molecule has 0 aliphatic heterocycles. The number of ether oxygens (including phenoxy) is 1. The first kappa shape index (κ1) is 15.1. The molecule has 0 unspecified atom stereocenters. The van der Waals surface area contributed by atoms with E-state index >= 15 is 0 Å². The largest absolute Gasteiger partial charge is 0.488 e. The van der Waals surface area contributed by atoms with Crippen molar-refractivity contribution in [3.8, 4) is 17.0 Å². The Morgan fingerprint density at radius 1 is 1.17 bits per heavy atom. The van der Waals surface area contributed by atoms with Gasteiger partial charge in [-0.1, -0.05) is 41.9 Å². The van der Waals surface area contributed by atoms with Crippen LogP contribution in [0, 0.1) is 0 Å². The molecule has 0 aliphatic rings. The molecule has 0 saturated carbocycles. The van der Waals surface area contributed by atoms with Gasteiger partial charge in [-0.3, -0.25) is 4.79 Å². The van der Waals surface area contributed by atoms with Crippen LogP contribution in [0.3, 0.4) is 0 Å². The molecule has 7 heteroatoms. The first-order valence-corrected chi connectivity index (χ1v) is 7.20. The zero-order valence-corrected chi connectivity index (χ0v) is 12.7. The summed E-state index contributed by atoms with van der Waals surface area (Å²) in [5, 5.41) is 10.7. The van der Waals surface area contributed by atoms with Gasteiger partial charge in [-0.25, -0.2) is 0 Å². The fourth-order valence-corrected chi connectivity index (χ4v) is 2.31. The van der Waals surface area contributed by atoms with Crippen LogP contribution >= 0.6 is 11.6 Å². The number of aromatic amines is 1. The Labute approximate surface area is 137 Å². The summed E-state index contributed by atoms with van der Waals surface area (Å²) < 4.78 is 5.84. The number of nitrogens with two attached hydrogens (primary N) is 1. The quantitative estimate of drug-likeness (QED) is 0.753. The summed E-state index contributed by atoms with van der Waals surface area (Å²) in [5.74, 6) is -0.141. The molecule has 0 atom stereocenters. The minimum Gasteiger partial charge on any atom is -0.488 e. The number of carbonyl (C=O) groups excluding carboxylic acids is 1. The zero-order valence-electron chi connectivity index (χ0n) is 12.0. The molecular weight excluding hydrogens is 316 g/mol. The van der Waals surface area contributed by atoms with Gasteiger partial charge in [0.25, 0.3) is 5.91 Å². The van der Waals surface area contributed by atoms with Crippen LogP contribution in [-0.2, 0) is 6.61 Å². The first-order chi connectivity index (χ1) is 11.1. The highest BCUT2D eigenvalue weighted by molar-refractivity contribution is 6.31. The molecule has 1 heterocycles. The van der Waals surface area contributed by atoms with E-state index in [9.17, 15) is 4.79 Å². The average molecular weight is 329 g/mol. The van der Waals surface area contributed by atoms with Crippen LogP contribution in [0.2, 0.25) is 5.02 Å². The first-order valence-electron chi connectivity index (χ1n) is 6.82. The summed E-state index contributed by atoms with van der Waals surface area (Å²) in [4.78, 5) is 11.5. The van der Waals surface area contributed by atoms with E-state index in [1.165, 1.54) is 0 Å². The molecule has 0 aliphatic carbocycles. The molecule has 2 aromatic carbocycles. The highest BCUT2D eigenvalue weighted by Crippen LogP contribution is 2.33. The number of H-pyrrole nitrogens is 1. The van der Waals surface area contributed by atoms with E-state index in [1.54, 1.807) is 18.2 Å². The molecule has 0 radical (unpaired) electrons. The maximum Gasteiger partial charge on any atom is 0.271 e. The van der Waals surface area contributed by atoms with Crippen molar-refractivity contribution in [2.45, 2.75) is 6.61 Å². The Balaban J connectivity index is 1.95. The number of nitrogens with zero attached hydrogens (tertiary/aromatic N) is 2. The lowest BCUT2D eigenvalue weighted by molar-refractivity contribution is 0.0996. The van der Waals surface area contributed by atoms with E-state index in [0.29, 0.717) is 28.6 Å². The summed E-state index contributed by atoms with van der Waals surface area (Å²) in [6, 6.07) is 14.8. The number of rotatable bonds is 5. The zero-order chi connectivity index (χ0) is 16.2. The predicted octanol–water partition coefficient (Wildman–Crippen LogP) is 2.80. The minimum atomic E-state index is -0.678. The summed E-state index contributed by atoms with van der Waals surface area (Å²) in [6.07, 6.45) is 0. The monoisotopic (exact) mass is 328 g/mol. The van der Waals surface area contributed by atoms with Crippen LogP contribution < -0.4 is 10.5 Å². The number of primary amides is 1. The van der Waals surface area contributed by atoms with Crippen molar-refractivity contribution in [3.63, 3.8) is 0 Å². The molecule has 23 heavy (non-hydrogen) atoms. The van der Waals surface area contributed by atoms with E-state index < -0.39 is 5.91 Å². The summed E-state index contributed by atoms with van der Waals surface area (Å²) >= 11 is 6.05. The van der Waals surface area contributed by atoms with Crippen molar-refractivity contribution in [2.24, 2.45) is 5.73 Å². The van der Waals surface area contributed by atoms with Gasteiger partial charge in [0.05, 0.1) is 0 Å². The predicted molar refractivity (Wildman–Crippen MR) is 86.1 cm³/mol.